The zero-order chi connectivity index (χ0) is 24.0. The molecule has 9 heteroatoms. The van der Waals surface area contributed by atoms with Gasteiger partial charge in [0.2, 0.25) is 10.0 Å². The minimum Gasteiger partial charge on any atom is -0.372 e. The highest BCUT2D eigenvalue weighted by Gasteiger charge is 2.24. The van der Waals surface area contributed by atoms with Crippen LogP contribution >= 0.6 is 0 Å². The second-order valence-corrected chi connectivity index (χ2v) is 10.6. The predicted octanol–water partition coefficient (Wildman–Crippen LogP) is 3.32. The van der Waals surface area contributed by atoms with Crippen LogP contribution in [0.2, 0.25) is 0 Å². The number of hydrogen-bond acceptors (Lipinski definition) is 5. The number of anilines is 2. The minimum absolute atomic E-state index is 0.0951. The summed E-state index contributed by atoms with van der Waals surface area (Å²) in [6.07, 6.45) is 3.86. The third-order valence-corrected chi connectivity index (χ3v) is 7.72. The molecule has 1 heterocycles. The van der Waals surface area contributed by atoms with Crippen molar-refractivity contribution < 1.29 is 17.6 Å². The van der Waals surface area contributed by atoms with Gasteiger partial charge in [0.15, 0.2) is 0 Å². The summed E-state index contributed by atoms with van der Waals surface area (Å²) in [6, 6.07) is 11.4. The predicted molar refractivity (Wildman–Crippen MR) is 130 cm³/mol. The SMILES string of the molecule is CN(CCCNC(=O)c1cc(S(=O)(=O)N(C)C)ccc1N1CCCCC1)c1ccccc1F. The number of piperidine rings is 1. The van der Waals surface area contributed by atoms with Gasteiger partial charge >= 0.3 is 0 Å². The standard InChI is InChI=1S/C24H33FN4O3S/c1-27(2)33(31,32)19-12-13-22(29-16-7-4-8-17-29)20(18-19)24(30)26-14-9-15-28(3)23-11-6-5-10-21(23)25/h5-6,10-13,18H,4,7-9,14-17H2,1-3H3,(H,26,30). The van der Waals surface area contributed by atoms with Gasteiger partial charge in [-0.05, 0) is 56.0 Å². The average Bonchev–Trinajstić information content (AvgIpc) is 2.82. The maximum atomic E-state index is 13.9. The van der Waals surface area contributed by atoms with Crippen LogP contribution in [-0.4, -0.2) is 66.0 Å². The molecule has 1 N–H and O–H groups in total. The van der Waals surface area contributed by atoms with Gasteiger partial charge in [-0.1, -0.05) is 12.1 Å². The fraction of sp³-hybridized carbons (Fsp3) is 0.458. The number of para-hydroxylation sites is 1. The van der Waals surface area contributed by atoms with Gasteiger partial charge in [0.05, 0.1) is 16.1 Å². The number of amides is 1. The van der Waals surface area contributed by atoms with Crippen LogP contribution in [0.5, 0.6) is 0 Å². The molecule has 0 unspecified atom stereocenters. The first-order chi connectivity index (χ1) is 15.7. The van der Waals surface area contributed by atoms with Crippen LogP contribution in [0.25, 0.3) is 0 Å². The lowest BCUT2D eigenvalue weighted by Crippen LogP contribution is -2.34. The van der Waals surface area contributed by atoms with Crippen molar-refractivity contribution in [2.24, 2.45) is 0 Å². The molecule has 1 aliphatic rings. The van der Waals surface area contributed by atoms with E-state index in [2.05, 4.69) is 10.2 Å². The van der Waals surface area contributed by atoms with Gasteiger partial charge in [0.1, 0.15) is 5.82 Å². The lowest BCUT2D eigenvalue weighted by molar-refractivity contribution is 0.0953. The number of carbonyl (C=O) groups is 1. The van der Waals surface area contributed by atoms with E-state index in [4.69, 9.17) is 0 Å². The smallest absolute Gasteiger partial charge is 0.253 e. The molecular formula is C24H33FN4O3S. The molecule has 1 saturated heterocycles. The average molecular weight is 477 g/mol. The summed E-state index contributed by atoms with van der Waals surface area (Å²) in [7, 11) is 1.09. The third-order valence-electron chi connectivity index (χ3n) is 5.91. The van der Waals surface area contributed by atoms with E-state index in [0.29, 0.717) is 30.8 Å². The normalized spacial score (nSPS) is 14.4. The van der Waals surface area contributed by atoms with Crippen molar-refractivity contribution in [2.75, 3.05) is 57.1 Å². The molecule has 1 aliphatic heterocycles. The quantitative estimate of drug-likeness (QED) is 0.562. The highest BCUT2D eigenvalue weighted by Crippen LogP contribution is 2.28. The van der Waals surface area contributed by atoms with E-state index in [1.165, 1.54) is 26.2 Å². The Morgan fingerprint density at radius 2 is 1.76 bits per heavy atom. The fourth-order valence-corrected chi connectivity index (χ4v) is 4.90. The number of benzene rings is 2. The fourth-order valence-electron chi connectivity index (χ4n) is 3.97. The molecule has 0 radical (unpaired) electrons. The molecule has 1 amide bonds. The zero-order valence-electron chi connectivity index (χ0n) is 19.6. The molecule has 180 valence electrons. The number of nitrogens with zero attached hydrogens (tertiary/aromatic N) is 3. The second-order valence-electron chi connectivity index (χ2n) is 8.50. The monoisotopic (exact) mass is 476 g/mol. The highest BCUT2D eigenvalue weighted by atomic mass is 32.2. The van der Waals surface area contributed by atoms with Gasteiger partial charge in [-0.2, -0.15) is 0 Å². The number of rotatable bonds is 9. The van der Waals surface area contributed by atoms with Gasteiger partial charge in [0.25, 0.3) is 5.91 Å². The summed E-state index contributed by atoms with van der Waals surface area (Å²) < 4.78 is 40.4. The third kappa shape index (κ3) is 6.03. The molecule has 0 saturated carbocycles. The summed E-state index contributed by atoms with van der Waals surface area (Å²) in [6.45, 7) is 2.64. The molecule has 1 fully saturated rings. The first-order valence-corrected chi connectivity index (χ1v) is 12.7. The summed E-state index contributed by atoms with van der Waals surface area (Å²) in [4.78, 5) is 17.2. The van der Waals surface area contributed by atoms with Crippen LogP contribution in [0.1, 0.15) is 36.0 Å². The lowest BCUT2D eigenvalue weighted by Gasteiger charge is -2.30. The van der Waals surface area contributed by atoms with Crippen LogP contribution in [0, 0.1) is 5.82 Å². The molecule has 0 atom stereocenters. The Morgan fingerprint density at radius 1 is 1.06 bits per heavy atom. The maximum absolute atomic E-state index is 13.9. The first kappa shape index (κ1) is 25.0. The van der Waals surface area contributed by atoms with Crippen molar-refractivity contribution >= 4 is 27.3 Å². The Balaban J connectivity index is 1.72. The Morgan fingerprint density at radius 3 is 2.42 bits per heavy atom. The van der Waals surface area contributed by atoms with Gasteiger partial charge in [-0.3, -0.25) is 4.79 Å². The van der Waals surface area contributed by atoms with Crippen molar-refractivity contribution in [3.8, 4) is 0 Å². The van der Waals surface area contributed by atoms with Crippen LogP contribution in [0.15, 0.2) is 47.4 Å². The molecule has 2 aromatic carbocycles. The van der Waals surface area contributed by atoms with Gasteiger partial charge in [-0.25, -0.2) is 17.1 Å². The van der Waals surface area contributed by atoms with E-state index in [-0.39, 0.29) is 16.6 Å². The summed E-state index contributed by atoms with van der Waals surface area (Å²) in [5, 5.41) is 2.91. The molecular weight excluding hydrogens is 443 g/mol. The van der Waals surface area contributed by atoms with E-state index in [1.807, 2.05) is 11.9 Å². The first-order valence-electron chi connectivity index (χ1n) is 11.3. The zero-order valence-corrected chi connectivity index (χ0v) is 20.4. The van der Waals surface area contributed by atoms with Crippen molar-refractivity contribution in [3.63, 3.8) is 0 Å². The maximum Gasteiger partial charge on any atom is 0.253 e. The van der Waals surface area contributed by atoms with Gasteiger partial charge in [-0.15, -0.1) is 0 Å². The Labute approximate surface area is 196 Å². The van der Waals surface area contributed by atoms with Gasteiger partial charge in [0, 0.05) is 53.0 Å². The van der Waals surface area contributed by atoms with Crippen LogP contribution in [0.3, 0.4) is 0 Å². The Kier molecular flexibility index (Phi) is 8.31. The number of nitrogens with one attached hydrogen (secondary N) is 1. The van der Waals surface area contributed by atoms with E-state index in [0.717, 1.165) is 42.3 Å². The molecule has 0 aliphatic carbocycles. The van der Waals surface area contributed by atoms with Crippen molar-refractivity contribution in [1.29, 1.82) is 0 Å². The van der Waals surface area contributed by atoms with E-state index in [9.17, 15) is 17.6 Å². The van der Waals surface area contributed by atoms with Crippen LogP contribution < -0.4 is 15.1 Å². The van der Waals surface area contributed by atoms with Crippen LogP contribution in [-0.2, 0) is 10.0 Å². The highest BCUT2D eigenvalue weighted by molar-refractivity contribution is 7.89. The Hall–Kier alpha value is -2.65. The molecule has 7 nitrogen and oxygen atoms in total. The van der Waals surface area contributed by atoms with E-state index >= 15 is 0 Å². The number of halogens is 1. The van der Waals surface area contributed by atoms with E-state index < -0.39 is 10.0 Å². The lowest BCUT2D eigenvalue weighted by atomic mass is 10.1. The van der Waals surface area contributed by atoms with Crippen molar-refractivity contribution in [2.45, 2.75) is 30.6 Å². The summed E-state index contributed by atoms with van der Waals surface area (Å²) >= 11 is 0. The molecule has 0 spiro atoms. The topological polar surface area (TPSA) is 73.0 Å². The molecule has 2 aromatic rings. The van der Waals surface area contributed by atoms with Crippen molar-refractivity contribution in [1.82, 2.24) is 9.62 Å². The van der Waals surface area contributed by atoms with E-state index in [1.54, 1.807) is 30.3 Å². The number of carbonyl (C=O) groups excluding carboxylic acids is 1. The van der Waals surface area contributed by atoms with Gasteiger partial charge < -0.3 is 15.1 Å². The van der Waals surface area contributed by atoms with Crippen molar-refractivity contribution in [3.05, 3.63) is 53.8 Å². The number of hydrogen-bond donors (Lipinski definition) is 1. The molecule has 0 aromatic heterocycles. The minimum atomic E-state index is -3.66. The molecule has 33 heavy (non-hydrogen) atoms. The number of sulfonamides is 1. The Bertz CT molecular complexity index is 1070. The summed E-state index contributed by atoms with van der Waals surface area (Å²) in [5.74, 6) is -0.589. The summed E-state index contributed by atoms with van der Waals surface area (Å²) in [5.41, 5.74) is 1.63. The van der Waals surface area contributed by atoms with Crippen LogP contribution in [0.4, 0.5) is 15.8 Å². The molecule has 3 rings (SSSR count). The largest absolute Gasteiger partial charge is 0.372 e. The second kappa shape index (κ2) is 11.0. The molecule has 0 bridgehead atoms.